The second-order valence-electron chi connectivity index (χ2n) is 6.22. The highest BCUT2D eigenvalue weighted by Gasteiger charge is 2.22. The van der Waals surface area contributed by atoms with Gasteiger partial charge in [0.25, 0.3) is 5.91 Å². The Kier molecular flexibility index (Phi) is 4.78. The molecule has 2 heterocycles. The van der Waals surface area contributed by atoms with Gasteiger partial charge >= 0.3 is 0 Å². The summed E-state index contributed by atoms with van der Waals surface area (Å²) in [7, 11) is 0. The van der Waals surface area contributed by atoms with Crippen molar-refractivity contribution in [3.8, 4) is 0 Å². The van der Waals surface area contributed by atoms with E-state index in [1.165, 1.54) is 31.8 Å². The number of carbonyl (C=O) groups excluding carboxylic acids is 1. The van der Waals surface area contributed by atoms with E-state index in [-0.39, 0.29) is 5.91 Å². The van der Waals surface area contributed by atoms with Crippen molar-refractivity contribution >= 4 is 11.7 Å². The topological polar surface area (TPSA) is 68.8 Å². The molecule has 1 amide bonds. The molecular weight excluding hydrogens is 304 g/mol. The number of rotatable bonds is 6. The summed E-state index contributed by atoms with van der Waals surface area (Å²) >= 11 is 0. The van der Waals surface area contributed by atoms with Crippen LogP contribution in [0.4, 0.5) is 5.82 Å². The van der Waals surface area contributed by atoms with Gasteiger partial charge in [-0.3, -0.25) is 19.1 Å². The molecule has 1 aliphatic rings. The number of aryl methyl sites for hydroxylation is 2. The van der Waals surface area contributed by atoms with Gasteiger partial charge in [-0.15, -0.1) is 5.10 Å². The summed E-state index contributed by atoms with van der Waals surface area (Å²) in [5, 5.41) is 12.8. The van der Waals surface area contributed by atoms with Crippen molar-refractivity contribution in [2.75, 3.05) is 4.90 Å². The fourth-order valence-corrected chi connectivity index (χ4v) is 3.15. The van der Waals surface area contributed by atoms with Crippen LogP contribution < -0.4 is 4.90 Å². The lowest BCUT2D eigenvalue weighted by molar-refractivity contribution is -0.114. The van der Waals surface area contributed by atoms with Crippen molar-refractivity contribution in [1.29, 1.82) is 0 Å². The molecule has 2 aromatic rings. The van der Waals surface area contributed by atoms with Gasteiger partial charge in [-0.25, -0.2) is 0 Å². The molecule has 24 heavy (non-hydrogen) atoms. The number of aromatic nitrogens is 5. The summed E-state index contributed by atoms with van der Waals surface area (Å²) in [6, 6.07) is 0.488. The smallest absolute Gasteiger partial charge is 0.251 e. The highest BCUT2D eigenvalue weighted by Crippen LogP contribution is 2.29. The second-order valence-corrected chi connectivity index (χ2v) is 6.22. The number of nitrogens with zero attached hydrogens (tertiary/aromatic N) is 6. The average molecular weight is 328 g/mol. The Hall–Kier alpha value is -2.44. The average Bonchev–Trinajstić information content (AvgIpc) is 3.32. The van der Waals surface area contributed by atoms with E-state index in [0.29, 0.717) is 24.9 Å². The zero-order valence-corrected chi connectivity index (χ0v) is 14.4. The van der Waals surface area contributed by atoms with Crippen LogP contribution in [0.25, 0.3) is 0 Å². The van der Waals surface area contributed by atoms with Crippen LogP contribution in [-0.2, 0) is 17.9 Å². The van der Waals surface area contributed by atoms with Crippen molar-refractivity contribution in [1.82, 2.24) is 24.8 Å². The van der Waals surface area contributed by atoms with E-state index in [4.69, 9.17) is 0 Å². The van der Waals surface area contributed by atoms with Gasteiger partial charge in [-0.1, -0.05) is 24.6 Å². The van der Waals surface area contributed by atoms with E-state index >= 15 is 0 Å². The van der Waals surface area contributed by atoms with Crippen molar-refractivity contribution < 1.29 is 4.79 Å². The largest absolute Gasteiger partial charge is 0.286 e. The lowest BCUT2D eigenvalue weighted by atomic mass is 10.2. The molecule has 0 unspecified atom stereocenters. The summed E-state index contributed by atoms with van der Waals surface area (Å²) < 4.78 is 3.77. The predicted molar refractivity (Wildman–Crippen MR) is 91.6 cm³/mol. The molecule has 0 aromatic carbocycles. The molecule has 0 aliphatic heterocycles. The van der Waals surface area contributed by atoms with Gasteiger partial charge in [-0.05, 0) is 32.8 Å². The van der Waals surface area contributed by atoms with E-state index in [2.05, 4.69) is 32.9 Å². The monoisotopic (exact) mass is 328 g/mol. The Morgan fingerprint density at radius 3 is 2.79 bits per heavy atom. The third-order valence-electron chi connectivity index (χ3n) is 4.61. The zero-order valence-electron chi connectivity index (χ0n) is 14.4. The minimum absolute atomic E-state index is 0.189. The van der Waals surface area contributed by atoms with Crippen molar-refractivity contribution in [2.24, 2.45) is 0 Å². The highest BCUT2D eigenvalue weighted by atomic mass is 16.2. The van der Waals surface area contributed by atoms with Crippen LogP contribution in [0.2, 0.25) is 0 Å². The molecule has 7 heteroatoms. The van der Waals surface area contributed by atoms with E-state index in [1.807, 2.05) is 13.8 Å². The van der Waals surface area contributed by atoms with Crippen LogP contribution in [0.1, 0.15) is 49.9 Å². The Balaban J connectivity index is 1.84. The Labute approximate surface area is 141 Å². The predicted octanol–water partition coefficient (Wildman–Crippen LogP) is 2.64. The summed E-state index contributed by atoms with van der Waals surface area (Å²) in [6.07, 6.45) is 10.0. The maximum Gasteiger partial charge on any atom is 0.251 e. The van der Waals surface area contributed by atoms with Gasteiger partial charge in [0.2, 0.25) is 0 Å². The van der Waals surface area contributed by atoms with E-state index < -0.39 is 0 Å². The summed E-state index contributed by atoms with van der Waals surface area (Å²) in [5.74, 6) is 0.348. The number of carbonyl (C=O) groups is 1. The first-order chi connectivity index (χ1) is 11.6. The standard InChI is InChI=1S/C17H24N6O/c1-4-17(24)22(16-12-21(5-2)20-18-16)10-14-11-23(19-13(14)3)15-8-6-7-9-15/h4,11-12,15H,1,5-10H2,2-3H3. The van der Waals surface area contributed by atoms with Gasteiger partial charge < -0.3 is 0 Å². The molecule has 3 rings (SSSR count). The van der Waals surface area contributed by atoms with E-state index in [9.17, 15) is 4.79 Å². The maximum atomic E-state index is 12.3. The van der Waals surface area contributed by atoms with Crippen LogP contribution in [0.3, 0.4) is 0 Å². The SMILES string of the molecule is C=CC(=O)N(Cc1cn(C2CCCC2)nc1C)c1cn(CC)nn1. The van der Waals surface area contributed by atoms with Crippen LogP contribution in [0.5, 0.6) is 0 Å². The lowest BCUT2D eigenvalue weighted by Gasteiger charge is -2.17. The first kappa shape index (κ1) is 16.4. The number of hydrogen-bond acceptors (Lipinski definition) is 4. The summed E-state index contributed by atoms with van der Waals surface area (Å²) in [4.78, 5) is 13.9. The van der Waals surface area contributed by atoms with Crippen LogP contribution in [0, 0.1) is 6.92 Å². The van der Waals surface area contributed by atoms with Crippen molar-refractivity contribution in [2.45, 2.75) is 58.7 Å². The normalized spacial score (nSPS) is 14.9. The van der Waals surface area contributed by atoms with Crippen LogP contribution >= 0.6 is 0 Å². The van der Waals surface area contributed by atoms with Crippen molar-refractivity contribution in [3.05, 3.63) is 36.3 Å². The summed E-state index contributed by atoms with van der Waals surface area (Å²) in [6.45, 7) is 8.70. The highest BCUT2D eigenvalue weighted by molar-refractivity contribution is 6.00. The fraction of sp³-hybridized carbons (Fsp3) is 0.529. The van der Waals surface area contributed by atoms with E-state index in [1.54, 1.807) is 15.8 Å². The molecule has 0 atom stereocenters. The van der Waals surface area contributed by atoms with Gasteiger partial charge in [0.15, 0.2) is 5.82 Å². The minimum Gasteiger partial charge on any atom is -0.286 e. The third kappa shape index (κ3) is 3.25. The molecule has 128 valence electrons. The first-order valence-corrected chi connectivity index (χ1v) is 8.51. The molecule has 0 bridgehead atoms. The maximum absolute atomic E-state index is 12.3. The first-order valence-electron chi connectivity index (χ1n) is 8.51. The second kappa shape index (κ2) is 6.98. The van der Waals surface area contributed by atoms with Gasteiger partial charge in [-0.2, -0.15) is 5.10 Å². The van der Waals surface area contributed by atoms with E-state index in [0.717, 1.165) is 11.3 Å². The zero-order chi connectivity index (χ0) is 17.1. The Bertz CT molecular complexity index is 725. The quantitative estimate of drug-likeness (QED) is 0.765. The molecule has 0 radical (unpaired) electrons. The van der Waals surface area contributed by atoms with Gasteiger partial charge in [0.05, 0.1) is 24.5 Å². The number of amides is 1. The third-order valence-corrected chi connectivity index (χ3v) is 4.61. The molecule has 7 nitrogen and oxygen atoms in total. The molecule has 1 fully saturated rings. The number of hydrogen-bond donors (Lipinski definition) is 0. The number of anilines is 1. The molecule has 2 aromatic heterocycles. The molecule has 0 saturated heterocycles. The molecule has 0 spiro atoms. The minimum atomic E-state index is -0.189. The molecule has 1 saturated carbocycles. The Morgan fingerprint density at radius 2 is 2.17 bits per heavy atom. The molecule has 1 aliphatic carbocycles. The van der Waals surface area contributed by atoms with Crippen molar-refractivity contribution in [3.63, 3.8) is 0 Å². The molecular formula is C17H24N6O. The lowest BCUT2D eigenvalue weighted by Crippen LogP contribution is -2.29. The fourth-order valence-electron chi connectivity index (χ4n) is 3.15. The van der Waals surface area contributed by atoms with Crippen LogP contribution in [-0.4, -0.2) is 30.7 Å². The Morgan fingerprint density at radius 1 is 1.42 bits per heavy atom. The van der Waals surface area contributed by atoms with Gasteiger partial charge in [0.1, 0.15) is 0 Å². The van der Waals surface area contributed by atoms with Gasteiger partial charge in [0, 0.05) is 18.3 Å². The van der Waals surface area contributed by atoms with Crippen LogP contribution in [0.15, 0.2) is 25.0 Å². The molecule has 0 N–H and O–H groups in total. The summed E-state index contributed by atoms with van der Waals surface area (Å²) in [5.41, 5.74) is 1.98.